The number of benzene rings is 2. The summed E-state index contributed by atoms with van der Waals surface area (Å²) in [5, 5.41) is 2.73. The Morgan fingerprint density at radius 3 is 2.51 bits per heavy atom. The third-order valence-electron chi connectivity index (χ3n) is 5.91. The summed E-state index contributed by atoms with van der Waals surface area (Å²) in [4.78, 5) is 34.7. The highest BCUT2D eigenvalue weighted by molar-refractivity contribution is 6.04. The van der Waals surface area contributed by atoms with Crippen molar-refractivity contribution in [3.63, 3.8) is 0 Å². The molecule has 192 valence electrons. The normalized spacial score (nSPS) is 14.1. The zero-order valence-corrected chi connectivity index (χ0v) is 20.1. The maximum Gasteiger partial charge on any atom is 0.418 e. The monoisotopic (exact) mass is 510 g/mol. The van der Waals surface area contributed by atoms with Gasteiger partial charge in [0, 0.05) is 60.5 Å². The predicted octanol–water partition coefficient (Wildman–Crippen LogP) is 4.72. The molecule has 0 atom stereocenters. The minimum absolute atomic E-state index is 0.0856. The molecule has 1 aromatic heterocycles. The fraction of sp³-hybridized carbons (Fsp3) is 0.259. The van der Waals surface area contributed by atoms with Crippen molar-refractivity contribution in [3.8, 4) is 0 Å². The van der Waals surface area contributed by atoms with Gasteiger partial charge in [0.25, 0.3) is 0 Å². The van der Waals surface area contributed by atoms with Crippen LogP contribution < -0.4 is 10.2 Å². The van der Waals surface area contributed by atoms with E-state index in [1.165, 1.54) is 24.5 Å². The van der Waals surface area contributed by atoms with Crippen LogP contribution >= 0.6 is 0 Å². The number of ether oxygens (including phenoxy) is 1. The van der Waals surface area contributed by atoms with Gasteiger partial charge < -0.3 is 15.0 Å². The molecule has 0 aliphatic carbocycles. The molecule has 0 spiro atoms. The van der Waals surface area contributed by atoms with E-state index >= 15 is 0 Å². The summed E-state index contributed by atoms with van der Waals surface area (Å²) in [6.45, 7) is 3.24. The molecule has 0 saturated carbocycles. The van der Waals surface area contributed by atoms with Crippen LogP contribution in [0.5, 0.6) is 0 Å². The third kappa shape index (κ3) is 6.79. The van der Waals surface area contributed by atoms with Gasteiger partial charge in [-0.2, -0.15) is 13.2 Å². The molecule has 1 fully saturated rings. The summed E-state index contributed by atoms with van der Waals surface area (Å²) in [6, 6.07) is 8.81. The first-order valence-electron chi connectivity index (χ1n) is 11.6. The van der Waals surface area contributed by atoms with Crippen molar-refractivity contribution in [2.24, 2.45) is 0 Å². The molecule has 2 heterocycles. The van der Waals surface area contributed by atoms with Gasteiger partial charge in [-0.3, -0.25) is 9.59 Å². The first-order valence-corrected chi connectivity index (χ1v) is 11.6. The third-order valence-corrected chi connectivity index (χ3v) is 5.91. The van der Waals surface area contributed by atoms with E-state index in [-0.39, 0.29) is 29.0 Å². The minimum Gasteiger partial charge on any atom is -0.378 e. The van der Waals surface area contributed by atoms with Crippen LogP contribution in [0.15, 0.2) is 61.2 Å². The lowest BCUT2D eigenvalue weighted by atomic mass is 9.98. The largest absolute Gasteiger partial charge is 0.418 e. The number of carbonyl (C=O) groups is 2. The average molecular weight is 511 g/mol. The fourth-order valence-corrected chi connectivity index (χ4v) is 3.96. The van der Waals surface area contributed by atoms with Gasteiger partial charge >= 0.3 is 6.18 Å². The summed E-state index contributed by atoms with van der Waals surface area (Å²) in [6.07, 6.45) is 2.59. The second kappa shape index (κ2) is 11.3. The van der Waals surface area contributed by atoms with Crippen LogP contribution in [0.1, 0.15) is 32.6 Å². The number of amides is 1. The number of Topliss-reactive ketones (excluding diaryl/α,β-unsaturated/α-hetero) is 1. The van der Waals surface area contributed by atoms with Gasteiger partial charge in [0.15, 0.2) is 5.78 Å². The molecule has 0 unspecified atom stereocenters. The number of halogens is 3. The number of nitrogens with one attached hydrogen (secondary N) is 1. The van der Waals surface area contributed by atoms with E-state index in [9.17, 15) is 22.8 Å². The Kier molecular flexibility index (Phi) is 7.98. The summed E-state index contributed by atoms with van der Waals surface area (Å²) >= 11 is 0. The van der Waals surface area contributed by atoms with Crippen molar-refractivity contribution in [1.29, 1.82) is 0 Å². The highest BCUT2D eigenvalue weighted by Crippen LogP contribution is 2.38. The maximum atomic E-state index is 13.8. The van der Waals surface area contributed by atoms with E-state index in [1.807, 2.05) is 0 Å². The lowest BCUT2D eigenvalue weighted by Crippen LogP contribution is -2.37. The van der Waals surface area contributed by atoms with Gasteiger partial charge in [0.05, 0.1) is 18.8 Å². The summed E-state index contributed by atoms with van der Waals surface area (Å²) in [5.74, 6) is -0.773. The van der Waals surface area contributed by atoms with E-state index in [2.05, 4.69) is 15.3 Å². The predicted molar refractivity (Wildman–Crippen MR) is 133 cm³/mol. The molecule has 0 radical (unpaired) electrons. The van der Waals surface area contributed by atoms with Crippen LogP contribution in [0, 0.1) is 6.92 Å². The van der Waals surface area contributed by atoms with Crippen LogP contribution in [0.25, 0.3) is 6.08 Å². The SMILES string of the molecule is Cc1ccc(C(=O)Cc2ccc(N3CCOCC3)c(C(F)(F)F)c2)cc1NC(=O)/C=C/c1cncnc1. The molecule has 1 saturated heterocycles. The van der Waals surface area contributed by atoms with Crippen LogP contribution in [-0.2, 0) is 22.1 Å². The highest BCUT2D eigenvalue weighted by Gasteiger charge is 2.35. The maximum absolute atomic E-state index is 13.8. The van der Waals surface area contributed by atoms with E-state index in [1.54, 1.807) is 48.5 Å². The second-order valence-corrected chi connectivity index (χ2v) is 8.57. The Morgan fingerprint density at radius 2 is 1.81 bits per heavy atom. The van der Waals surface area contributed by atoms with Crippen molar-refractivity contribution < 1.29 is 27.5 Å². The summed E-state index contributed by atoms with van der Waals surface area (Å²) in [7, 11) is 0. The number of ketones is 1. The highest BCUT2D eigenvalue weighted by atomic mass is 19.4. The standard InChI is InChI=1S/C27H25F3N4O3/c1-18-2-5-21(14-23(18)33-26(36)7-4-20-15-31-17-32-16-20)25(35)13-19-3-6-24(22(12-19)27(28,29)30)34-8-10-37-11-9-34/h2-7,12,14-17H,8-11,13H2,1H3,(H,33,36)/b7-4+. The first kappa shape index (κ1) is 26.0. The Balaban J connectivity index is 1.49. The lowest BCUT2D eigenvalue weighted by Gasteiger charge is -2.31. The number of anilines is 2. The Labute approximate surface area is 212 Å². The van der Waals surface area contributed by atoms with E-state index in [4.69, 9.17) is 4.74 Å². The van der Waals surface area contributed by atoms with Crippen molar-refractivity contribution in [3.05, 3.63) is 89.0 Å². The molecule has 7 nitrogen and oxygen atoms in total. The quantitative estimate of drug-likeness (QED) is 0.366. The van der Waals surface area contributed by atoms with Crippen molar-refractivity contribution >= 4 is 29.1 Å². The zero-order valence-electron chi connectivity index (χ0n) is 20.1. The lowest BCUT2D eigenvalue weighted by molar-refractivity contribution is -0.137. The Hall–Kier alpha value is -4.05. The van der Waals surface area contributed by atoms with Crippen LogP contribution in [-0.4, -0.2) is 48.0 Å². The topological polar surface area (TPSA) is 84.4 Å². The van der Waals surface area contributed by atoms with Crippen molar-refractivity contribution in [1.82, 2.24) is 9.97 Å². The molecule has 1 amide bonds. The molecular weight excluding hydrogens is 485 g/mol. The van der Waals surface area contributed by atoms with Crippen LogP contribution in [0.3, 0.4) is 0 Å². The zero-order chi connectivity index (χ0) is 26.4. The number of alkyl halides is 3. The molecule has 0 bridgehead atoms. The van der Waals surface area contributed by atoms with E-state index in [0.717, 1.165) is 11.6 Å². The number of rotatable bonds is 7. The first-order chi connectivity index (χ1) is 17.7. The number of aromatic nitrogens is 2. The van der Waals surface area contributed by atoms with Crippen LogP contribution in [0.4, 0.5) is 24.5 Å². The number of hydrogen-bond donors (Lipinski definition) is 1. The number of hydrogen-bond acceptors (Lipinski definition) is 6. The Morgan fingerprint density at radius 1 is 1.08 bits per heavy atom. The van der Waals surface area contributed by atoms with Crippen molar-refractivity contribution in [2.75, 3.05) is 36.5 Å². The number of carbonyl (C=O) groups excluding carboxylic acids is 2. The van der Waals surface area contributed by atoms with Gasteiger partial charge in [-0.1, -0.05) is 18.2 Å². The molecule has 4 rings (SSSR count). The van der Waals surface area contributed by atoms with Gasteiger partial charge in [0.1, 0.15) is 6.33 Å². The van der Waals surface area contributed by atoms with Gasteiger partial charge in [-0.15, -0.1) is 0 Å². The smallest absolute Gasteiger partial charge is 0.378 e. The molecule has 2 aromatic carbocycles. The van der Waals surface area contributed by atoms with Crippen LogP contribution in [0.2, 0.25) is 0 Å². The van der Waals surface area contributed by atoms with Gasteiger partial charge in [-0.05, 0) is 42.3 Å². The molecular formula is C27H25F3N4O3. The van der Waals surface area contributed by atoms with Gasteiger partial charge in [-0.25, -0.2) is 9.97 Å². The fourth-order valence-electron chi connectivity index (χ4n) is 3.96. The minimum atomic E-state index is -4.56. The second-order valence-electron chi connectivity index (χ2n) is 8.57. The van der Waals surface area contributed by atoms with Crippen molar-refractivity contribution in [2.45, 2.75) is 19.5 Å². The number of aryl methyl sites for hydroxylation is 1. The Bertz CT molecular complexity index is 1300. The van der Waals surface area contributed by atoms with Gasteiger partial charge in [0.2, 0.25) is 5.91 Å². The molecule has 37 heavy (non-hydrogen) atoms. The number of morpholine rings is 1. The molecule has 1 N–H and O–H groups in total. The van der Waals surface area contributed by atoms with E-state index in [0.29, 0.717) is 37.6 Å². The molecule has 1 aliphatic heterocycles. The van der Waals surface area contributed by atoms with E-state index < -0.39 is 17.6 Å². The average Bonchev–Trinajstić information content (AvgIpc) is 2.89. The summed E-state index contributed by atoms with van der Waals surface area (Å²) in [5.41, 5.74) is 1.67. The molecule has 10 heteroatoms. The molecule has 3 aromatic rings. The summed E-state index contributed by atoms with van der Waals surface area (Å²) < 4.78 is 46.8. The number of nitrogens with zero attached hydrogens (tertiary/aromatic N) is 3. The molecule has 1 aliphatic rings.